The van der Waals surface area contributed by atoms with Gasteiger partial charge in [-0.25, -0.2) is 0 Å². The van der Waals surface area contributed by atoms with E-state index in [1.807, 2.05) is 19.1 Å². The quantitative estimate of drug-likeness (QED) is 0.794. The minimum absolute atomic E-state index is 0.0387. The van der Waals surface area contributed by atoms with E-state index in [-0.39, 0.29) is 13.2 Å². The molecule has 0 aromatic heterocycles. The van der Waals surface area contributed by atoms with Crippen LogP contribution in [0.3, 0.4) is 0 Å². The molecule has 3 nitrogen and oxygen atoms in total. The number of aliphatic hydroxyl groups excluding tert-OH is 2. The van der Waals surface area contributed by atoms with E-state index in [0.29, 0.717) is 6.42 Å². The molecule has 0 fully saturated rings. The first-order valence-electron chi connectivity index (χ1n) is 5.96. The summed E-state index contributed by atoms with van der Waals surface area (Å²) in [5, 5.41) is 18.7. The Morgan fingerprint density at radius 1 is 1.24 bits per heavy atom. The molecule has 0 aliphatic rings. The number of hydrogen-bond donors (Lipinski definition) is 2. The van der Waals surface area contributed by atoms with Crippen molar-refractivity contribution in [1.82, 2.24) is 0 Å². The summed E-state index contributed by atoms with van der Waals surface area (Å²) in [6.07, 6.45) is 1.57. The number of methoxy groups -OCH3 is 1. The van der Waals surface area contributed by atoms with Crippen molar-refractivity contribution in [2.45, 2.75) is 26.7 Å². The molecule has 17 heavy (non-hydrogen) atoms. The van der Waals surface area contributed by atoms with Crippen LogP contribution in [0.2, 0.25) is 0 Å². The zero-order valence-corrected chi connectivity index (χ0v) is 10.9. The Kier molecular flexibility index (Phi) is 4.97. The predicted molar refractivity (Wildman–Crippen MR) is 68.4 cm³/mol. The van der Waals surface area contributed by atoms with Gasteiger partial charge in [-0.3, -0.25) is 0 Å². The summed E-state index contributed by atoms with van der Waals surface area (Å²) in [4.78, 5) is 0. The lowest BCUT2D eigenvalue weighted by Crippen LogP contribution is -2.28. The molecule has 0 bridgehead atoms. The van der Waals surface area contributed by atoms with Gasteiger partial charge in [-0.05, 0) is 30.0 Å². The van der Waals surface area contributed by atoms with Crippen LogP contribution in [-0.2, 0) is 12.8 Å². The molecular formula is C14H22O3. The topological polar surface area (TPSA) is 49.7 Å². The molecule has 2 N–H and O–H groups in total. The molecule has 0 amide bonds. The van der Waals surface area contributed by atoms with Crippen molar-refractivity contribution in [2.75, 3.05) is 20.3 Å². The average molecular weight is 238 g/mol. The third-order valence-electron chi connectivity index (χ3n) is 3.13. The van der Waals surface area contributed by atoms with Crippen molar-refractivity contribution in [3.8, 4) is 5.75 Å². The van der Waals surface area contributed by atoms with E-state index in [4.69, 9.17) is 4.74 Å². The SMILES string of the molecule is CCc1ccc(OC)c(CC(C)(CO)CO)c1. The van der Waals surface area contributed by atoms with Crippen LogP contribution in [-0.4, -0.2) is 30.5 Å². The number of rotatable bonds is 6. The molecule has 0 unspecified atom stereocenters. The molecule has 1 rings (SSSR count). The van der Waals surface area contributed by atoms with E-state index in [1.54, 1.807) is 7.11 Å². The van der Waals surface area contributed by atoms with Crippen molar-refractivity contribution in [3.05, 3.63) is 29.3 Å². The Bertz CT molecular complexity index is 356. The molecule has 1 aromatic carbocycles. The molecular weight excluding hydrogens is 216 g/mol. The average Bonchev–Trinajstić information content (AvgIpc) is 2.38. The van der Waals surface area contributed by atoms with Gasteiger partial charge in [-0.1, -0.05) is 26.0 Å². The molecule has 0 radical (unpaired) electrons. The predicted octanol–water partition coefficient (Wildman–Crippen LogP) is 1.79. The second-order valence-electron chi connectivity index (χ2n) is 4.80. The summed E-state index contributed by atoms with van der Waals surface area (Å²) in [7, 11) is 1.64. The summed E-state index contributed by atoms with van der Waals surface area (Å²) in [6.45, 7) is 3.89. The van der Waals surface area contributed by atoms with Crippen LogP contribution in [0.25, 0.3) is 0 Å². The van der Waals surface area contributed by atoms with Crippen molar-refractivity contribution in [3.63, 3.8) is 0 Å². The second-order valence-corrected chi connectivity index (χ2v) is 4.80. The fraction of sp³-hybridized carbons (Fsp3) is 0.571. The first-order valence-corrected chi connectivity index (χ1v) is 5.96. The Morgan fingerprint density at radius 2 is 1.88 bits per heavy atom. The zero-order chi connectivity index (χ0) is 12.9. The van der Waals surface area contributed by atoms with Crippen molar-refractivity contribution in [2.24, 2.45) is 5.41 Å². The third kappa shape index (κ3) is 3.45. The number of aliphatic hydroxyl groups is 2. The van der Waals surface area contributed by atoms with Gasteiger partial charge in [0.15, 0.2) is 0 Å². The molecule has 0 aliphatic heterocycles. The fourth-order valence-corrected chi connectivity index (χ4v) is 1.81. The highest BCUT2D eigenvalue weighted by Crippen LogP contribution is 2.28. The van der Waals surface area contributed by atoms with Crippen LogP contribution in [0.5, 0.6) is 5.75 Å². The van der Waals surface area contributed by atoms with Crippen LogP contribution in [0.4, 0.5) is 0 Å². The Labute approximate surface area is 103 Å². The van der Waals surface area contributed by atoms with E-state index in [2.05, 4.69) is 13.0 Å². The Hall–Kier alpha value is -1.06. The van der Waals surface area contributed by atoms with Gasteiger partial charge in [-0.2, -0.15) is 0 Å². The lowest BCUT2D eigenvalue weighted by Gasteiger charge is -2.25. The van der Waals surface area contributed by atoms with Gasteiger partial charge in [-0.15, -0.1) is 0 Å². The summed E-state index contributed by atoms with van der Waals surface area (Å²) in [6, 6.07) is 6.07. The molecule has 96 valence electrons. The number of ether oxygens (including phenoxy) is 1. The zero-order valence-electron chi connectivity index (χ0n) is 10.9. The smallest absolute Gasteiger partial charge is 0.122 e. The van der Waals surface area contributed by atoms with Gasteiger partial charge in [0.2, 0.25) is 0 Å². The molecule has 1 aromatic rings. The minimum Gasteiger partial charge on any atom is -0.496 e. The summed E-state index contributed by atoms with van der Waals surface area (Å²) in [5.74, 6) is 0.815. The Balaban J connectivity index is 3.02. The van der Waals surface area contributed by atoms with Gasteiger partial charge < -0.3 is 14.9 Å². The molecule has 0 spiro atoms. The first-order chi connectivity index (χ1) is 8.08. The van der Waals surface area contributed by atoms with Crippen LogP contribution in [0, 0.1) is 5.41 Å². The van der Waals surface area contributed by atoms with E-state index < -0.39 is 5.41 Å². The highest BCUT2D eigenvalue weighted by atomic mass is 16.5. The highest BCUT2D eigenvalue weighted by molar-refractivity contribution is 5.38. The molecule has 0 saturated carbocycles. The van der Waals surface area contributed by atoms with Crippen molar-refractivity contribution >= 4 is 0 Å². The van der Waals surface area contributed by atoms with E-state index in [0.717, 1.165) is 17.7 Å². The minimum atomic E-state index is -0.500. The molecule has 3 heteroatoms. The number of hydrogen-bond acceptors (Lipinski definition) is 3. The van der Waals surface area contributed by atoms with Crippen molar-refractivity contribution in [1.29, 1.82) is 0 Å². The molecule has 0 heterocycles. The maximum atomic E-state index is 9.34. The van der Waals surface area contributed by atoms with E-state index >= 15 is 0 Å². The van der Waals surface area contributed by atoms with Gasteiger partial charge in [0.05, 0.1) is 20.3 Å². The van der Waals surface area contributed by atoms with Crippen molar-refractivity contribution < 1.29 is 14.9 Å². The standard InChI is InChI=1S/C14H22O3/c1-4-11-5-6-13(17-3)12(7-11)8-14(2,9-15)10-16/h5-7,15-16H,4,8-10H2,1-3H3. The van der Waals surface area contributed by atoms with Crippen LogP contribution in [0.1, 0.15) is 25.0 Å². The highest BCUT2D eigenvalue weighted by Gasteiger charge is 2.24. The first kappa shape index (κ1) is 14.0. The normalized spacial score (nSPS) is 11.6. The third-order valence-corrected chi connectivity index (χ3v) is 3.13. The van der Waals surface area contributed by atoms with E-state index in [9.17, 15) is 10.2 Å². The lowest BCUT2D eigenvalue weighted by atomic mass is 9.84. The summed E-state index contributed by atoms with van der Waals surface area (Å²) < 4.78 is 5.32. The van der Waals surface area contributed by atoms with Gasteiger partial charge in [0.1, 0.15) is 5.75 Å². The van der Waals surface area contributed by atoms with Gasteiger partial charge in [0.25, 0.3) is 0 Å². The maximum Gasteiger partial charge on any atom is 0.122 e. The second kappa shape index (κ2) is 6.03. The molecule has 0 atom stereocenters. The van der Waals surface area contributed by atoms with Crippen LogP contribution >= 0.6 is 0 Å². The number of aryl methyl sites for hydroxylation is 1. The van der Waals surface area contributed by atoms with Crippen LogP contribution in [0.15, 0.2) is 18.2 Å². The number of benzene rings is 1. The molecule has 0 aliphatic carbocycles. The molecule has 0 saturated heterocycles. The largest absolute Gasteiger partial charge is 0.496 e. The van der Waals surface area contributed by atoms with Gasteiger partial charge >= 0.3 is 0 Å². The monoisotopic (exact) mass is 238 g/mol. The fourth-order valence-electron chi connectivity index (χ4n) is 1.81. The Morgan fingerprint density at radius 3 is 2.35 bits per heavy atom. The van der Waals surface area contributed by atoms with Crippen LogP contribution < -0.4 is 4.74 Å². The summed E-state index contributed by atoms with van der Waals surface area (Å²) >= 11 is 0. The lowest BCUT2D eigenvalue weighted by molar-refractivity contribution is 0.0699. The summed E-state index contributed by atoms with van der Waals surface area (Å²) in [5.41, 5.74) is 1.77. The van der Waals surface area contributed by atoms with E-state index in [1.165, 1.54) is 5.56 Å². The van der Waals surface area contributed by atoms with Gasteiger partial charge in [0, 0.05) is 5.41 Å². The maximum absolute atomic E-state index is 9.34.